The van der Waals surface area contributed by atoms with Crippen molar-refractivity contribution < 1.29 is 17.6 Å². The molecular weight excluding hydrogens is 293 g/mol. The summed E-state index contributed by atoms with van der Waals surface area (Å²) in [7, 11) is -0.155. The maximum atomic E-state index is 12.5. The second kappa shape index (κ2) is 5.65. The van der Waals surface area contributed by atoms with E-state index in [0.717, 1.165) is 28.4 Å². The van der Waals surface area contributed by atoms with Gasteiger partial charge in [0.05, 0.1) is 5.56 Å². The normalized spacial score (nSPS) is 12.5. The minimum atomic E-state index is -4.30. The predicted octanol–water partition coefficient (Wildman–Crippen LogP) is 4.43. The van der Waals surface area contributed by atoms with Gasteiger partial charge in [0.1, 0.15) is 0 Å². The highest BCUT2D eigenvalue weighted by atomic mass is 28.4. The average Bonchev–Trinajstić information content (AvgIpc) is 2.47. The van der Waals surface area contributed by atoms with Gasteiger partial charge in [0.2, 0.25) is 8.32 Å². The minimum absolute atomic E-state index is 0.629. The second-order valence-corrected chi connectivity index (χ2v) is 9.37. The Kier molecular flexibility index (Phi) is 4.25. The first-order valence-electron chi connectivity index (χ1n) is 6.57. The summed E-state index contributed by atoms with van der Waals surface area (Å²) in [4.78, 5) is 0. The van der Waals surface area contributed by atoms with Crippen LogP contribution in [0.3, 0.4) is 0 Å². The maximum Gasteiger partial charge on any atom is 0.416 e. The van der Waals surface area contributed by atoms with Crippen LogP contribution >= 0.6 is 0 Å². The highest BCUT2D eigenvalue weighted by Gasteiger charge is 2.30. The van der Waals surface area contributed by atoms with Crippen LogP contribution < -0.4 is 5.19 Å². The summed E-state index contributed by atoms with van der Waals surface area (Å²) in [6.45, 7) is 4.19. The van der Waals surface area contributed by atoms with E-state index in [1.54, 1.807) is 7.11 Å². The van der Waals surface area contributed by atoms with E-state index in [0.29, 0.717) is 0 Å². The molecule has 0 atom stereocenters. The van der Waals surface area contributed by atoms with Crippen molar-refractivity contribution in [2.24, 2.45) is 0 Å². The number of halogens is 3. The van der Waals surface area contributed by atoms with E-state index in [2.05, 4.69) is 13.1 Å². The zero-order valence-corrected chi connectivity index (χ0v) is 13.2. The third-order valence-corrected chi connectivity index (χ3v) is 6.38. The first-order chi connectivity index (χ1) is 9.74. The van der Waals surface area contributed by atoms with Crippen molar-refractivity contribution in [3.63, 3.8) is 0 Å². The molecule has 0 heterocycles. The molecule has 0 bridgehead atoms. The van der Waals surface area contributed by atoms with E-state index >= 15 is 0 Å². The van der Waals surface area contributed by atoms with E-state index in [-0.39, 0.29) is 0 Å². The topological polar surface area (TPSA) is 9.23 Å². The average molecular weight is 310 g/mol. The van der Waals surface area contributed by atoms with Gasteiger partial charge >= 0.3 is 6.18 Å². The number of hydrogen-bond acceptors (Lipinski definition) is 1. The Morgan fingerprint density at radius 1 is 0.810 bits per heavy atom. The molecule has 0 radical (unpaired) electrons. The van der Waals surface area contributed by atoms with Crippen molar-refractivity contribution >= 4 is 13.5 Å². The van der Waals surface area contributed by atoms with E-state index in [4.69, 9.17) is 4.43 Å². The van der Waals surface area contributed by atoms with Crippen LogP contribution in [0.4, 0.5) is 13.2 Å². The van der Waals surface area contributed by atoms with Crippen molar-refractivity contribution in [2.45, 2.75) is 19.3 Å². The van der Waals surface area contributed by atoms with Gasteiger partial charge in [0.15, 0.2) is 0 Å². The van der Waals surface area contributed by atoms with Crippen LogP contribution in [0.25, 0.3) is 11.1 Å². The molecule has 5 heteroatoms. The van der Waals surface area contributed by atoms with Gasteiger partial charge in [-0.25, -0.2) is 0 Å². The Labute approximate surface area is 123 Å². The Morgan fingerprint density at radius 3 is 1.62 bits per heavy atom. The monoisotopic (exact) mass is 310 g/mol. The molecule has 0 saturated carbocycles. The first-order valence-corrected chi connectivity index (χ1v) is 9.48. The molecule has 0 aliphatic rings. The Balaban J connectivity index is 2.27. The predicted molar refractivity (Wildman–Crippen MR) is 81.0 cm³/mol. The first kappa shape index (κ1) is 15.8. The van der Waals surface area contributed by atoms with Crippen LogP contribution in [0.2, 0.25) is 13.1 Å². The van der Waals surface area contributed by atoms with E-state index in [1.165, 1.54) is 12.1 Å². The molecule has 0 aliphatic carbocycles. The van der Waals surface area contributed by atoms with Gasteiger partial charge in [-0.2, -0.15) is 13.2 Å². The minimum Gasteiger partial charge on any atom is -0.416 e. The Bertz CT molecular complexity index is 601. The van der Waals surface area contributed by atoms with Crippen LogP contribution in [-0.2, 0) is 10.6 Å². The van der Waals surface area contributed by atoms with Gasteiger partial charge in [-0.3, -0.25) is 0 Å². The van der Waals surface area contributed by atoms with E-state index < -0.39 is 20.1 Å². The van der Waals surface area contributed by atoms with E-state index in [1.807, 2.05) is 24.3 Å². The largest absolute Gasteiger partial charge is 0.416 e. The molecule has 0 spiro atoms. The second-order valence-electron chi connectivity index (χ2n) is 5.37. The lowest BCUT2D eigenvalue weighted by Crippen LogP contribution is -2.43. The molecule has 0 unspecified atom stereocenters. The van der Waals surface area contributed by atoms with Crippen molar-refractivity contribution in [2.75, 3.05) is 7.11 Å². The van der Waals surface area contributed by atoms with Crippen LogP contribution in [0.15, 0.2) is 48.5 Å². The molecule has 2 aromatic rings. The third-order valence-electron chi connectivity index (χ3n) is 3.64. The molecule has 2 aromatic carbocycles. The SMILES string of the molecule is CO[Si](C)(C)c1ccc(-c2ccc(C(F)(F)F)cc2)cc1. The smallest absolute Gasteiger partial charge is 0.416 e. The van der Waals surface area contributed by atoms with Gasteiger partial charge in [-0.05, 0) is 41.5 Å². The zero-order chi connectivity index (χ0) is 15.7. The molecule has 1 nitrogen and oxygen atoms in total. The highest BCUT2D eigenvalue weighted by molar-refractivity contribution is 6.84. The Morgan fingerprint density at radius 2 is 1.24 bits per heavy atom. The summed E-state index contributed by atoms with van der Waals surface area (Å²) >= 11 is 0. The molecule has 0 N–H and O–H groups in total. The fourth-order valence-electron chi connectivity index (χ4n) is 2.03. The number of hydrogen-bond donors (Lipinski definition) is 0. The summed E-state index contributed by atoms with van der Waals surface area (Å²) in [6.07, 6.45) is -4.30. The molecule has 21 heavy (non-hydrogen) atoms. The molecule has 0 saturated heterocycles. The molecule has 112 valence electrons. The number of rotatable bonds is 3. The van der Waals surface area contributed by atoms with Gasteiger partial charge < -0.3 is 4.43 Å². The standard InChI is InChI=1S/C16H17F3OSi/c1-20-21(2,3)15-10-6-13(7-11-15)12-4-8-14(9-5-12)16(17,18)19/h4-11H,1-3H3. The lowest BCUT2D eigenvalue weighted by Gasteiger charge is -2.20. The van der Waals surface area contributed by atoms with Crippen LogP contribution in [0, 0.1) is 0 Å². The van der Waals surface area contributed by atoms with Gasteiger partial charge in [-0.1, -0.05) is 36.4 Å². The van der Waals surface area contributed by atoms with Gasteiger partial charge in [-0.15, -0.1) is 0 Å². The van der Waals surface area contributed by atoms with Crippen molar-refractivity contribution in [1.29, 1.82) is 0 Å². The molecular formula is C16H17F3OSi. The lowest BCUT2D eigenvalue weighted by molar-refractivity contribution is -0.137. The molecule has 0 aromatic heterocycles. The zero-order valence-electron chi connectivity index (χ0n) is 12.2. The quantitative estimate of drug-likeness (QED) is 0.762. The lowest BCUT2D eigenvalue weighted by atomic mass is 10.0. The van der Waals surface area contributed by atoms with Crippen LogP contribution in [0.1, 0.15) is 5.56 Å². The van der Waals surface area contributed by atoms with E-state index in [9.17, 15) is 13.2 Å². The van der Waals surface area contributed by atoms with Crippen LogP contribution in [0.5, 0.6) is 0 Å². The summed E-state index contributed by atoms with van der Waals surface area (Å²) in [5.41, 5.74) is 1.04. The summed E-state index contributed by atoms with van der Waals surface area (Å²) in [5, 5.41) is 1.15. The molecule has 0 amide bonds. The Hall–Kier alpha value is -1.59. The highest BCUT2D eigenvalue weighted by Crippen LogP contribution is 2.30. The van der Waals surface area contributed by atoms with Gasteiger partial charge in [0.25, 0.3) is 0 Å². The molecule has 0 fully saturated rings. The van der Waals surface area contributed by atoms with Crippen molar-refractivity contribution in [1.82, 2.24) is 0 Å². The van der Waals surface area contributed by atoms with Gasteiger partial charge in [0, 0.05) is 7.11 Å². The molecule has 2 rings (SSSR count). The fourth-order valence-corrected chi connectivity index (χ4v) is 3.24. The number of benzene rings is 2. The summed E-state index contributed by atoms with van der Waals surface area (Å²) < 4.78 is 43.1. The van der Waals surface area contributed by atoms with Crippen LogP contribution in [-0.4, -0.2) is 15.4 Å². The third kappa shape index (κ3) is 3.54. The van der Waals surface area contributed by atoms with Crippen molar-refractivity contribution in [3.05, 3.63) is 54.1 Å². The number of alkyl halides is 3. The van der Waals surface area contributed by atoms with Crippen molar-refractivity contribution in [3.8, 4) is 11.1 Å². The summed E-state index contributed by atoms with van der Waals surface area (Å²) in [6, 6.07) is 13.0. The fraction of sp³-hybridized carbons (Fsp3) is 0.250. The summed E-state index contributed by atoms with van der Waals surface area (Å²) in [5.74, 6) is 0. The molecule has 0 aliphatic heterocycles. The maximum absolute atomic E-state index is 12.5.